The molecule has 6 nitrogen and oxygen atoms in total. The van der Waals surface area contributed by atoms with Gasteiger partial charge in [-0.15, -0.1) is 0 Å². The third kappa shape index (κ3) is 2.09. The Morgan fingerprint density at radius 3 is 1.78 bits per heavy atom. The van der Waals surface area contributed by atoms with Crippen LogP contribution in [0, 0.1) is 0 Å². The fraction of sp³-hybridized carbons (Fsp3) is 0.333. The second-order valence-corrected chi connectivity index (χ2v) is 4.16. The summed E-state index contributed by atoms with van der Waals surface area (Å²) in [6.07, 6.45) is -0.283. The molecule has 2 rings (SSSR count). The largest absolute Gasteiger partial charge is 0.480 e. The Morgan fingerprint density at radius 2 is 1.44 bits per heavy atom. The molecule has 1 aromatic carbocycles. The molecule has 1 heterocycles. The average Bonchev–Trinajstić information content (AvgIpc) is 2.54. The van der Waals surface area contributed by atoms with Crippen molar-refractivity contribution in [2.75, 3.05) is 22.9 Å². The van der Waals surface area contributed by atoms with Crippen molar-refractivity contribution in [1.29, 1.82) is 0 Å². The first-order valence-corrected chi connectivity index (χ1v) is 5.56. The highest BCUT2D eigenvalue weighted by Gasteiger charge is 2.34. The van der Waals surface area contributed by atoms with Crippen LogP contribution in [0.25, 0.3) is 0 Å². The summed E-state index contributed by atoms with van der Waals surface area (Å²) >= 11 is 0. The number of carboxylic acids is 2. The molecule has 1 aromatic rings. The number of hydrogen-bond donors (Lipinski definition) is 2. The van der Waals surface area contributed by atoms with Gasteiger partial charge in [-0.05, 0) is 19.1 Å². The molecule has 0 saturated carbocycles. The van der Waals surface area contributed by atoms with E-state index in [2.05, 4.69) is 0 Å². The minimum atomic E-state index is -0.936. The van der Waals surface area contributed by atoms with E-state index in [-0.39, 0.29) is 19.3 Å². The predicted molar refractivity (Wildman–Crippen MR) is 65.9 cm³/mol. The Labute approximate surface area is 104 Å². The van der Waals surface area contributed by atoms with Crippen LogP contribution in [-0.2, 0) is 9.59 Å². The van der Waals surface area contributed by atoms with Crippen molar-refractivity contribution in [3.05, 3.63) is 24.3 Å². The number of benzene rings is 1. The van der Waals surface area contributed by atoms with Crippen LogP contribution >= 0.6 is 0 Å². The highest BCUT2D eigenvalue weighted by molar-refractivity contribution is 5.86. The van der Waals surface area contributed by atoms with E-state index >= 15 is 0 Å². The minimum Gasteiger partial charge on any atom is -0.480 e. The first-order chi connectivity index (χ1) is 8.50. The number of para-hydroxylation sites is 2. The van der Waals surface area contributed by atoms with Crippen LogP contribution in [0.4, 0.5) is 11.4 Å². The summed E-state index contributed by atoms with van der Waals surface area (Å²) in [4.78, 5) is 25.1. The number of nitrogens with zero attached hydrogens (tertiary/aromatic N) is 2. The first kappa shape index (κ1) is 12.2. The van der Waals surface area contributed by atoms with Crippen LogP contribution in [0.1, 0.15) is 6.92 Å². The lowest BCUT2D eigenvalue weighted by Crippen LogP contribution is -2.45. The third-order valence-electron chi connectivity index (χ3n) is 3.01. The van der Waals surface area contributed by atoms with Crippen LogP contribution in [0.3, 0.4) is 0 Å². The van der Waals surface area contributed by atoms with Gasteiger partial charge in [0.15, 0.2) is 0 Å². The van der Waals surface area contributed by atoms with E-state index in [9.17, 15) is 9.59 Å². The summed E-state index contributed by atoms with van der Waals surface area (Å²) in [7, 11) is 0. The topological polar surface area (TPSA) is 81.1 Å². The van der Waals surface area contributed by atoms with Crippen molar-refractivity contribution in [2.45, 2.75) is 13.1 Å². The molecule has 6 heteroatoms. The maximum absolute atomic E-state index is 10.9. The number of rotatable bonds is 4. The monoisotopic (exact) mass is 250 g/mol. The van der Waals surface area contributed by atoms with Crippen molar-refractivity contribution in [1.82, 2.24) is 0 Å². The molecule has 0 amide bonds. The lowest BCUT2D eigenvalue weighted by Gasteiger charge is -2.27. The molecule has 0 bridgehead atoms. The van der Waals surface area contributed by atoms with E-state index < -0.39 is 11.9 Å². The first-order valence-electron chi connectivity index (χ1n) is 5.56. The number of hydrogen-bond acceptors (Lipinski definition) is 4. The van der Waals surface area contributed by atoms with E-state index in [4.69, 9.17) is 10.2 Å². The van der Waals surface area contributed by atoms with Gasteiger partial charge in [-0.3, -0.25) is 9.59 Å². The molecule has 18 heavy (non-hydrogen) atoms. The quantitative estimate of drug-likeness (QED) is 0.823. The summed E-state index contributed by atoms with van der Waals surface area (Å²) in [6.45, 7) is 1.51. The Kier molecular flexibility index (Phi) is 3.10. The number of carbonyl (C=O) groups is 2. The third-order valence-corrected chi connectivity index (χ3v) is 3.01. The van der Waals surface area contributed by atoms with Gasteiger partial charge in [0.1, 0.15) is 19.3 Å². The molecular formula is C12H14N2O4. The molecular weight excluding hydrogens is 236 g/mol. The van der Waals surface area contributed by atoms with Crippen molar-refractivity contribution >= 4 is 23.3 Å². The van der Waals surface area contributed by atoms with Crippen LogP contribution in [0.15, 0.2) is 24.3 Å². The number of fused-ring (bicyclic) bond motifs is 1. The molecule has 0 aliphatic carbocycles. The smallest absolute Gasteiger partial charge is 0.323 e. The zero-order valence-corrected chi connectivity index (χ0v) is 9.91. The van der Waals surface area contributed by atoms with Gasteiger partial charge in [-0.1, -0.05) is 12.1 Å². The molecule has 0 fully saturated rings. The summed E-state index contributed by atoms with van der Waals surface area (Å²) in [5, 5.41) is 17.8. The zero-order chi connectivity index (χ0) is 13.3. The molecule has 0 saturated heterocycles. The summed E-state index contributed by atoms with van der Waals surface area (Å²) in [6, 6.07) is 7.22. The second kappa shape index (κ2) is 4.56. The van der Waals surface area contributed by atoms with Gasteiger partial charge in [0, 0.05) is 0 Å². The minimum absolute atomic E-state index is 0.145. The van der Waals surface area contributed by atoms with Crippen molar-refractivity contribution in [2.24, 2.45) is 0 Å². The second-order valence-electron chi connectivity index (χ2n) is 4.16. The van der Waals surface area contributed by atoms with Gasteiger partial charge in [-0.25, -0.2) is 0 Å². The van der Waals surface area contributed by atoms with Crippen molar-refractivity contribution < 1.29 is 19.8 Å². The van der Waals surface area contributed by atoms with Gasteiger partial charge in [0.25, 0.3) is 0 Å². The van der Waals surface area contributed by atoms with Crippen LogP contribution in [-0.4, -0.2) is 41.4 Å². The molecule has 0 aromatic heterocycles. The fourth-order valence-electron chi connectivity index (χ4n) is 2.25. The normalized spacial score (nSPS) is 14.7. The zero-order valence-electron chi connectivity index (χ0n) is 9.91. The van der Waals surface area contributed by atoms with E-state index in [1.54, 1.807) is 28.9 Å². The van der Waals surface area contributed by atoms with Crippen molar-refractivity contribution in [3.8, 4) is 0 Å². The number of aliphatic carboxylic acids is 2. The Bertz CT molecular complexity index is 446. The molecule has 1 aliphatic rings. The fourth-order valence-corrected chi connectivity index (χ4v) is 2.25. The molecule has 0 spiro atoms. The summed E-state index contributed by atoms with van der Waals surface area (Å²) < 4.78 is 0. The van der Waals surface area contributed by atoms with E-state index in [1.807, 2.05) is 12.1 Å². The van der Waals surface area contributed by atoms with Gasteiger partial charge >= 0.3 is 11.9 Å². The highest BCUT2D eigenvalue weighted by Crippen LogP contribution is 2.38. The lowest BCUT2D eigenvalue weighted by molar-refractivity contribution is -0.136. The molecule has 0 atom stereocenters. The highest BCUT2D eigenvalue weighted by atomic mass is 16.4. The maximum Gasteiger partial charge on any atom is 0.323 e. The molecule has 1 aliphatic heterocycles. The Balaban J connectivity index is 2.36. The molecule has 2 N–H and O–H groups in total. The summed E-state index contributed by atoms with van der Waals surface area (Å²) in [5.41, 5.74) is 1.52. The van der Waals surface area contributed by atoms with E-state index in [0.717, 1.165) is 11.4 Å². The van der Waals surface area contributed by atoms with Crippen LogP contribution in [0.5, 0.6) is 0 Å². The van der Waals surface area contributed by atoms with Gasteiger partial charge < -0.3 is 20.0 Å². The average molecular weight is 250 g/mol. The summed E-state index contributed by atoms with van der Waals surface area (Å²) in [5.74, 6) is -1.87. The van der Waals surface area contributed by atoms with Gasteiger partial charge in [-0.2, -0.15) is 0 Å². The van der Waals surface area contributed by atoms with Gasteiger partial charge in [0.05, 0.1) is 11.4 Å². The number of carboxylic acid groups (broad SMARTS) is 2. The maximum atomic E-state index is 10.9. The van der Waals surface area contributed by atoms with E-state index in [1.165, 1.54) is 0 Å². The molecule has 0 unspecified atom stereocenters. The molecule has 0 radical (unpaired) electrons. The van der Waals surface area contributed by atoms with E-state index in [0.29, 0.717) is 0 Å². The number of anilines is 2. The molecule has 96 valence electrons. The van der Waals surface area contributed by atoms with Gasteiger partial charge in [0.2, 0.25) is 0 Å². The van der Waals surface area contributed by atoms with Crippen LogP contribution < -0.4 is 9.80 Å². The Morgan fingerprint density at radius 1 is 1.06 bits per heavy atom. The lowest BCUT2D eigenvalue weighted by atomic mass is 10.2. The van der Waals surface area contributed by atoms with Crippen LogP contribution in [0.2, 0.25) is 0 Å². The predicted octanol–water partition coefficient (Wildman–Crippen LogP) is 0.828. The standard InChI is InChI=1S/C12H14N2O4/c1-8-13(6-11(15)16)9-4-2-3-5-10(9)14(8)7-12(17)18/h2-5,8H,6-7H2,1H3,(H,15,16)(H,17,18). The SMILES string of the molecule is CC1N(CC(=O)O)c2ccccc2N1CC(=O)O. The van der Waals surface area contributed by atoms with Crippen molar-refractivity contribution in [3.63, 3.8) is 0 Å². The Hall–Kier alpha value is -2.24.